The van der Waals surface area contributed by atoms with Crippen LogP contribution in [-0.2, 0) is 33.0 Å². The lowest BCUT2D eigenvalue weighted by Crippen LogP contribution is -2.51. The molecule has 0 bridgehead atoms. The molecule has 5 saturated carbocycles. The van der Waals surface area contributed by atoms with Crippen molar-refractivity contribution in [3.8, 4) is 0 Å². The van der Waals surface area contributed by atoms with Gasteiger partial charge in [-0.05, 0) is 88.4 Å². The first-order valence-corrected chi connectivity index (χ1v) is 20.1. The predicted octanol–water partition coefficient (Wildman–Crippen LogP) is 5.61. The summed E-state index contributed by atoms with van der Waals surface area (Å²) in [4.78, 5) is 11.5. The van der Waals surface area contributed by atoms with Crippen molar-refractivity contribution in [2.45, 2.75) is 161 Å². The molecule has 20 heteroatoms. The molecular weight excluding hydrogens is 723 g/mol. The van der Waals surface area contributed by atoms with Gasteiger partial charge in [0, 0.05) is 48.9 Å². The molecular formula is C32H55N7O11S2. The minimum atomic E-state index is -1.09. The third-order valence-corrected chi connectivity index (χ3v) is 13.2. The highest BCUT2D eigenvalue weighted by atomic mass is 32.2. The Balaban J connectivity index is 1.25. The number of azo groups is 3. The average Bonchev–Trinajstić information content (AvgIpc) is 3.14. The summed E-state index contributed by atoms with van der Waals surface area (Å²) in [6.45, 7) is 1.57. The number of fused-ring (bicyclic) bond motifs is 1. The third kappa shape index (κ3) is 11.8. The topological polar surface area (TPSA) is 254 Å². The molecule has 0 amide bonds. The molecule has 5 fully saturated rings. The van der Waals surface area contributed by atoms with Crippen molar-refractivity contribution in [2.75, 3.05) is 13.7 Å². The third-order valence-electron chi connectivity index (χ3n) is 11.5. The number of hydrogen-bond acceptors (Lipinski definition) is 19. The monoisotopic (exact) mass is 777 g/mol. The standard InChI is InChI=1S/C32H55N7O11S2/c1-17-10-26(28(46-16-30(40)41)15-25(17)37-34-20-4-3-5-22(13-20)51-49-47-43)38-39-31-29(52-50-48-44)11-18-6-8-21(14-23(18)32(31)42)35-36-24-9-7-19(33)12-27(24)45-2/h17-29,31-32,42-44H,3-16,33H2,1-2H3,(H,40,41). The number of carboxylic acid groups (broad SMARTS) is 1. The molecule has 0 aromatic carbocycles. The van der Waals surface area contributed by atoms with E-state index in [0.717, 1.165) is 81.9 Å². The lowest BCUT2D eigenvalue weighted by atomic mass is 9.66. The van der Waals surface area contributed by atoms with Gasteiger partial charge in [0.1, 0.15) is 12.6 Å². The number of ether oxygens (including phenoxy) is 2. The number of hydrogen-bond donors (Lipinski definition) is 5. The lowest BCUT2D eigenvalue weighted by Gasteiger charge is -2.46. The van der Waals surface area contributed by atoms with E-state index in [9.17, 15) is 15.0 Å². The highest BCUT2D eigenvalue weighted by molar-refractivity contribution is 7.95. The molecule has 0 radical (unpaired) electrons. The second-order valence-electron chi connectivity index (χ2n) is 15.0. The van der Waals surface area contributed by atoms with Crippen molar-refractivity contribution >= 4 is 30.1 Å². The molecule has 0 saturated heterocycles. The normalized spacial score (nSPS) is 41.8. The van der Waals surface area contributed by atoms with Gasteiger partial charge in [-0.3, -0.25) is 0 Å². The Bertz CT molecular complexity index is 1200. The molecule has 0 spiro atoms. The quantitative estimate of drug-likeness (QED) is 0.0553. The van der Waals surface area contributed by atoms with Gasteiger partial charge in [0.2, 0.25) is 0 Å². The Kier molecular flexibility index (Phi) is 16.9. The zero-order valence-corrected chi connectivity index (χ0v) is 31.4. The SMILES string of the molecule is COC1CC(N)CCC1N=NC1CCC2CC(SOOO)C(N=NC3CC(C)C(N=NC4CCCC(SOOO)C4)CC3OCC(=O)O)C(O)C2C1. The Morgan fingerprint density at radius 1 is 0.769 bits per heavy atom. The molecule has 0 aromatic rings. The molecule has 5 rings (SSSR count). The molecule has 0 aliphatic heterocycles. The fourth-order valence-electron chi connectivity index (χ4n) is 8.67. The van der Waals surface area contributed by atoms with Gasteiger partial charge in [-0.25, -0.2) is 15.3 Å². The van der Waals surface area contributed by atoms with Crippen molar-refractivity contribution in [1.29, 1.82) is 0 Å². The Morgan fingerprint density at radius 2 is 1.50 bits per heavy atom. The molecule has 296 valence electrons. The Hall–Kier alpha value is -1.43. The van der Waals surface area contributed by atoms with Gasteiger partial charge in [0.15, 0.2) is 0 Å². The van der Waals surface area contributed by atoms with Crippen molar-refractivity contribution in [3.63, 3.8) is 0 Å². The van der Waals surface area contributed by atoms with Crippen LogP contribution >= 0.6 is 24.1 Å². The molecule has 15 atom stereocenters. The summed E-state index contributed by atoms with van der Waals surface area (Å²) in [5, 5.41) is 74.3. The van der Waals surface area contributed by atoms with E-state index in [1.165, 1.54) is 0 Å². The van der Waals surface area contributed by atoms with Crippen LogP contribution < -0.4 is 5.73 Å². The van der Waals surface area contributed by atoms with Crippen LogP contribution in [0.2, 0.25) is 0 Å². The first kappa shape index (κ1) is 41.7. The number of nitrogens with zero attached hydrogens (tertiary/aromatic N) is 6. The number of methoxy groups -OCH3 is 1. The van der Waals surface area contributed by atoms with Gasteiger partial charge in [-0.1, -0.05) is 23.4 Å². The molecule has 0 heterocycles. The van der Waals surface area contributed by atoms with Gasteiger partial charge < -0.3 is 25.4 Å². The van der Waals surface area contributed by atoms with E-state index in [1.807, 2.05) is 0 Å². The number of aliphatic hydroxyl groups excluding tert-OH is 1. The summed E-state index contributed by atoms with van der Waals surface area (Å²) in [5.74, 6) is -0.946. The smallest absolute Gasteiger partial charge is 0.329 e. The largest absolute Gasteiger partial charge is 0.480 e. The van der Waals surface area contributed by atoms with E-state index in [1.54, 1.807) is 7.11 Å². The summed E-state index contributed by atoms with van der Waals surface area (Å²) < 4.78 is 21.0. The van der Waals surface area contributed by atoms with Gasteiger partial charge in [0.25, 0.3) is 0 Å². The van der Waals surface area contributed by atoms with Gasteiger partial charge in [0.05, 0.1) is 53.8 Å². The molecule has 52 heavy (non-hydrogen) atoms. The molecule has 6 N–H and O–H groups in total. The maximum Gasteiger partial charge on any atom is 0.329 e. The van der Waals surface area contributed by atoms with Crippen molar-refractivity contribution in [2.24, 2.45) is 54.2 Å². The van der Waals surface area contributed by atoms with Crippen LogP contribution in [0.5, 0.6) is 0 Å². The number of aliphatic hydroxyl groups is 1. The Labute approximate surface area is 312 Å². The summed E-state index contributed by atoms with van der Waals surface area (Å²) in [7, 11) is 1.68. The summed E-state index contributed by atoms with van der Waals surface area (Å²) in [6.07, 6.45) is 8.42. The van der Waals surface area contributed by atoms with Gasteiger partial charge >= 0.3 is 5.97 Å². The molecule has 5 aliphatic rings. The number of carboxylic acids is 1. The van der Waals surface area contributed by atoms with Crippen LogP contribution in [0.15, 0.2) is 30.7 Å². The van der Waals surface area contributed by atoms with E-state index < -0.39 is 36.9 Å². The Morgan fingerprint density at radius 3 is 2.25 bits per heavy atom. The highest BCUT2D eigenvalue weighted by Gasteiger charge is 2.48. The van der Waals surface area contributed by atoms with Crippen molar-refractivity contribution < 1.29 is 53.7 Å². The molecule has 5 aliphatic carbocycles. The lowest BCUT2D eigenvalue weighted by molar-refractivity contribution is -0.432. The van der Waals surface area contributed by atoms with Crippen molar-refractivity contribution in [1.82, 2.24) is 0 Å². The van der Waals surface area contributed by atoms with Crippen LogP contribution in [0, 0.1) is 17.8 Å². The van der Waals surface area contributed by atoms with E-state index in [-0.39, 0.29) is 64.6 Å². The van der Waals surface area contributed by atoms with Crippen LogP contribution in [0.3, 0.4) is 0 Å². The maximum absolute atomic E-state index is 11.8. The maximum atomic E-state index is 11.8. The minimum Gasteiger partial charge on any atom is -0.480 e. The van der Waals surface area contributed by atoms with Crippen LogP contribution in [0.1, 0.15) is 90.4 Å². The number of carbonyl (C=O) groups is 1. The number of aliphatic carboxylic acids is 1. The zero-order valence-electron chi connectivity index (χ0n) is 29.8. The predicted molar refractivity (Wildman–Crippen MR) is 188 cm³/mol. The van der Waals surface area contributed by atoms with Crippen molar-refractivity contribution in [3.05, 3.63) is 0 Å². The summed E-state index contributed by atoms with van der Waals surface area (Å²) in [5.41, 5.74) is 6.14. The van der Waals surface area contributed by atoms with E-state index >= 15 is 0 Å². The van der Waals surface area contributed by atoms with E-state index in [4.69, 9.17) is 55.6 Å². The first-order valence-electron chi connectivity index (χ1n) is 18.5. The van der Waals surface area contributed by atoms with Gasteiger partial charge in [-0.15, -0.1) is 8.67 Å². The zero-order chi connectivity index (χ0) is 37.0. The summed E-state index contributed by atoms with van der Waals surface area (Å²) >= 11 is 1.98. The highest BCUT2D eigenvalue weighted by Crippen LogP contribution is 2.46. The fraction of sp³-hybridized carbons (Fsp3) is 0.969. The minimum absolute atomic E-state index is 0.00187. The average molecular weight is 778 g/mol. The summed E-state index contributed by atoms with van der Waals surface area (Å²) in [6, 6.07) is -1.31. The second-order valence-corrected chi connectivity index (χ2v) is 16.9. The molecule has 15 unspecified atom stereocenters. The second kappa shape index (κ2) is 21.0. The van der Waals surface area contributed by atoms with Gasteiger partial charge in [-0.2, -0.15) is 30.7 Å². The molecule has 0 aromatic heterocycles. The molecule has 18 nitrogen and oxygen atoms in total. The van der Waals surface area contributed by atoms with Crippen LogP contribution in [0.4, 0.5) is 0 Å². The fourth-order valence-corrected chi connectivity index (χ4v) is 10.2. The van der Waals surface area contributed by atoms with E-state index in [2.05, 4.69) is 26.4 Å². The van der Waals surface area contributed by atoms with Crippen LogP contribution in [0.25, 0.3) is 0 Å². The van der Waals surface area contributed by atoms with Crippen LogP contribution in [-0.4, -0.2) is 112 Å². The number of nitrogens with two attached hydrogens (primary N) is 1. The first-order chi connectivity index (χ1) is 25.2. The number of rotatable bonds is 16. The van der Waals surface area contributed by atoms with E-state index in [0.29, 0.717) is 25.7 Å².